The predicted molar refractivity (Wildman–Crippen MR) is 62.5 cm³/mol. The standard InChI is InChI=1S/C13H19NO3/c1-2-10-3-5-13(6-4-10,12(15)16)7-11-8-14-17-9-11/h8-10H,2-7H2,1H3,(H,15,16). The highest BCUT2D eigenvalue weighted by Gasteiger charge is 2.41. The van der Waals surface area contributed by atoms with Crippen molar-refractivity contribution < 1.29 is 14.4 Å². The molecule has 1 fully saturated rings. The topological polar surface area (TPSA) is 63.3 Å². The minimum atomic E-state index is -0.673. The van der Waals surface area contributed by atoms with E-state index in [4.69, 9.17) is 4.52 Å². The molecule has 1 N–H and O–H groups in total. The lowest BCUT2D eigenvalue weighted by Crippen LogP contribution is -2.37. The third-order valence-electron chi connectivity index (χ3n) is 4.12. The lowest BCUT2D eigenvalue weighted by Gasteiger charge is -2.36. The van der Waals surface area contributed by atoms with Crippen LogP contribution < -0.4 is 0 Å². The molecule has 0 bridgehead atoms. The Kier molecular flexibility index (Phi) is 3.50. The van der Waals surface area contributed by atoms with Crippen molar-refractivity contribution in [2.45, 2.75) is 45.4 Å². The van der Waals surface area contributed by atoms with Gasteiger partial charge in [-0.15, -0.1) is 0 Å². The number of carbonyl (C=O) groups is 1. The van der Waals surface area contributed by atoms with Gasteiger partial charge in [0, 0.05) is 5.56 Å². The molecule has 17 heavy (non-hydrogen) atoms. The largest absolute Gasteiger partial charge is 0.481 e. The first kappa shape index (κ1) is 12.1. The molecule has 4 nitrogen and oxygen atoms in total. The molecule has 2 rings (SSSR count). The molecule has 1 aromatic heterocycles. The number of hydrogen-bond donors (Lipinski definition) is 1. The highest BCUT2D eigenvalue weighted by atomic mass is 16.5. The minimum Gasteiger partial charge on any atom is -0.481 e. The van der Waals surface area contributed by atoms with Crippen LogP contribution in [-0.4, -0.2) is 16.2 Å². The number of aromatic nitrogens is 1. The minimum absolute atomic E-state index is 0.544. The lowest BCUT2D eigenvalue weighted by molar-refractivity contribution is -0.151. The molecule has 4 heteroatoms. The second kappa shape index (κ2) is 4.90. The monoisotopic (exact) mass is 237 g/mol. The van der Waals surface area contributed by atoms with E-state index in [0.29, 0.717) is 12.3 Å². The Morgan fingerprint density at radius 1 is 1.59 bits per heavy atom. The highest BCUT2D eigenvalue weighted by Crippen LogP contribution is 2.42. The molecule has 1 saturated carbocycles. The smallest absolute Gasteiger partial charge is 0.309 e. The van der Waals surface area contributed by atoms with Crippen LogP contribution in [0.5, 0.6) is 0 Å². The number of aliphatic carboxylic acids is 1. The van der Waals surface area contributed by atoms with Crippen molar-refractivity contribution in [3.63, 3.8) is 0 Å². The van der Waals surface area contributed by atoms with E-state index in [9.17, 15) is 9.90 Å². The van der Waals surface area contributed by atoms with E-state index in [1.165, 1.54) is 0 Å². The highest BCUT2D eigenvalue weighted by molar-refractivity contribution is 5.75. The molecule has 1 aromatic rings. The van der Waals surface area contributed by atoms with Crippen LogP contribution in [0.3, 0.4) is 0 Å². The lowest BCUT2D eigenvalue weighted by atomic mass is 9.67. The van der Waals surface area contributed by atoms with Crippen LogP contribution in [0.4, 0.5) is 0 Å². The van der Waals surface area contributed by atoms with E-state index in [0.717, 1.165) is 37.7 Å². The summed E-state index contributed by atoms with van der Waals surface area (Å²) in [4.78, 5) is 11.5. The number of carboxylic acids is 1. The van der Waals surface area contributed by atoms with Crippen LogP contribution >= 0.6 is 0 Å². The Labute approximate surface area is 101 Å². The summed E-state index contributed by atoms with van der Waals surface area (Å²) in [7, 11) is 0. The zero-order valence-corrected chi connectivity index (χ0v) is 10.2. The van der Waals surface area contributed by atoms with E-state index in [2.05, 4.69) is 12.1 Å². The van der Waals surface area contributed by atoms with Crippen molar-refractivity contribution in [2.75, 3.05) is 0 Å². The van der Waals surface area contributed by atoms with E-state index >= 15 is 0 Å². The van der Waals surface area contributed by atoms with Crippen LogP contribution in [0.1, 0.15) is 44.6 Å². The fourth-order valence-electron chi connectivity index (χ4n) is 2.81. The van der Waals surface area contributed by atoms with Crippen LogP contribution in [-0.2, 0) is 11.2 Å². The first-order valence-electron chi connectivity index (χ1n) is 6.28. The van der Waals surface area contributed by atoms with Gasteiger partial charge in [-0.1, -0.05) is 18.5 Å². The molecule has 0 aromatic carbocycles. The Balaban J connectivity index is 2.09. The van der Waals surface area contributed by atoms with E-state index in [1.807, 2.05) is 0 Å². The number of nitrogens with zero attached hydrogens (tertiary/aromatic N) is 1. The van der Waals surface area contributed by atoms with E-state index < -0.39 is 11.4 Å². The van der Waals surface area contributed by atoms with Gasteiger partial charge in [0.2, 0.25) is 0 Å². The molecule has 0 atom stereocenters. The maximum absolute atomic E-state index is 11.5. The Morgan fingerprint density at radius 2 is 2.29 bits per heavy atom. The van der Waals surface area contributed by atoms with Crippen LogP contribution in [0, 0.1) is 11.3 Å². The van der Waals surface area contributed by atoms with Crippen LogP contribution in [0.15, 0.2) is 17.0 Å². The van der Waals surface area contributed by atoms with Crippen LogP contribution in [0.2, 0.25) is 0 Å². The molecule has 0 saturated heterocycles. The van der Waals surface area contributed by atoms with Crippen molar-refractivity contribution in [3.05, 3.63) is 18.0 Å². The summed E-state index contributed by atoms with van der Waals surface area (Å²) in [5.74, 6) is 0.0261. The van der Waals surface area contributed by atoms with Crippen molar-refractivity contribution in [1.29, 1.82) is 0 Å². The van der Waals surface area contributed by atoms with E-state index in [-0.39, 0.29) is 0 Å². The van der Waals surface area contributed by atoms with Gasteiger partial charge < -0.3 is 9.63 Å². The summed E-state index contributed by atoms with van der Waals surface area (Å²) in [5.41, 5.74) is 0.291. The summed E-state index contributed by atoms with van der Waals surface area (Å²) >= 11 is 0. The number of carboxylic acid groups (broad SMARTS) is 1. The van der Waals surface area contributed by atoms with Crippen molar-refractivity contribution in [2.24, 2.45) is 11.3 Å². The Morgan fingerprint density at radius 3 is 2.76 bits per heavy atom. The Bertz CT molecular complexity index is 364. The third-order valence-corrected chi connectivity index (χ3v) is 4.12. The molecule has 0 unspecified atom stereocenters. The van der Waals surface area contributed by atoms with Gasteiger partial charge in [0.05, 0.1) is 11.6 Å². The zero-order chi connectivity index (χ0) is 12.3. The van der Waals surface area contributed by atoms with Gasteiger partial charge in [-0.3, -0.25) is 4.79 Å². The van der Waals surface area contributed by atoms with Gasteiger partial charge in [-0.25, -0.2) is 0 Å². The molecule has 0 aliphatic heterocycles. The van der Waals surface area contributed by atoms with Gasteiger partial charge in [0.25, 0.3) is 0 Å². The molecule has 1 aliphatic carbocycles. The van der Waals surface area contributed by atoms with Crippen molar-refractivity contribution >= 4 is 5.97 Å². The number of hydrogen-bond acceptors (Lipinski definition) is 3. The first-order valence-corrected chi connectivity index (χ1v) is 6.28. The van der Waals surface area contributed by atoms with E-state index in [1.54, 1.807) is 12.5 Å². The second-order valence-electron chi connectivity index (χ2n) is 5.15. The van der Waals surface area contributed by atoms with Gasteiger partial charge in [0.15, 0.2) is 0 Å². The quantitative estimate of drug-likeness (QED) is 0.874. The van der Waals surface area contributed by atoms with Crippen molar-refractivity contribution in [1.82, 2.24) is 5.16 Å². The zero-order valence-electron chi connectivity index (χ0n) is 10.2. The summed E-state index contributed by atoms with van der Waals surface area (Å²) in [6.07, 6.45) is 8.46. The van der Waals surface area contributed by atoms with Gasteiger partial charge in [-0.2, -0.15) is 0 Å². The third kappa shape index (κ3) is 2.51. The molecule has 1 heterocycles. The summed E-state index contributed by atoms with van der Waals surface area (Å²) in [5, 5.41) is 13.1. The summed E-state index contributed by atoms with van der Waals surface area (Å²) in [6, 6.07) is 0. The fraction of sp³-hybridized carbons (Fsp3) is 0.692. The molecule has 0 radical (unpaired) electrons. The first-order chi connectivity index (χ1) is 8.16. The normalized spacial score (nSPS) is 29.1. The average molecular weight is 237 g/mol. The van der Waals surface area contributed by atoms with Crippen molar-refractivity contribution in [3.8, 4) is 0 Å². The van der Waals surface area contributed by atoms with Crippen LogP contribution in [0.25, 0.3) is 0 Å². The maximum atomic E-state index is 11.5. The van der Waals surface area contributed by atoms with Gasteiger partial charge >= 0.3 is 5.97 Å². The molecule has 94 valence electrons. The molecule has 0 amide bonds. The average Bonchev–Trinajstić information content (AvgIpc) is 2.82. The number of rotatable bonds is 4. The SMILES string of the molecule is CCC1CCC(Cc2cnoc2)(C(=O)O)CC1. The predicted octanol–water partition coefficient (Wildman–Crippen LogP) is 2.89. The second-order valence-corrected chi connectivity index (χ2v) is 5.15. The van der Waals surface area contributed by atoms with Gasteiger partial charge in [0.1, 0.15) is 6.26 Å². The molecular formula is C13H19NO3. The fourth-order valence-corrected chi connectivity index (χ4v) is 2.81. The molecule has 0 spiro atoms. The summed E-state index contributed by atoms with van der Waals surface area (Å²) < 4.78 is 4.78. The maximum Gasteiger partial charge on any atom is 0.309 e. The summed E-state index contributed by atoms with van der Waals surface area (Å²) in [6.45, 7) is 2.18. The molecule has 1 aliphatic rings. The van der Waals surface area contributed by atoms with Gasteiger partial charge in [-0.05, 0) is 38.0 Å². The molecular weight excluding hydrogens is 218 g/mol. The Hall–Kier alpha value is -1.32.